The Bertz CT molecular complexity index is 915. The average molecular weight is 411 g/mol. The third-order valence-corrected chi connectivity index (χ3v) is 4.75. The van der Waals surface area contributed by atoms with Crippen LogP contribution in [0.25, 0.3) is 0 Å². The van der Waals surface area contributed by atoms with Crippen molar-refractivity contribution in [1.29, 1.82) is 0 Å². The van der Waals surface area contributed by atoms with Gasteiger partial charge in [0.05, 0.1) is 5.71 Å². The van der Waals surface area contributed by atoms with E-state index in [1.54, 1.807) is 18.2 Å². The van der Waals surface area contributed by atoms with Crippen molar-refractivity contribution < 1.29 is 18.8 Å². The lowest BCUT2D eigenvalue weighted by molar-refractivity contribution is -0.135. The quantitative estimate of drug-likeness (QED) is 0.701. The maximum absolute atomic E-state index is 14.0. The van der Waals surface area contributed by atoms with Gasteiger partial charge in [-0.25, -0.2) is 4.39 Å². The third-order valence-electron chi connectivity index (χ3n) is 4.75. The van der Waals surface area contributed by atoms with Gasteiger partial charge in [0.25, 0.3) is 5.91 Å². The lowest BCUT2D eigenvalue weighted by Crippen LogP contribution is -2.51. The number of amides is 2. The van der Waals surface area contributed by atoms with Crippen molar-refractivity contribution in [3.63, 3.8) is 0 Å². The Morgan fingerprint density at radius 2 is 1.83 bits per heavy atom. The molecule has 0 fully saturated rings. The van der Waals surface area contributed by atoms with E-state index < -0.39 is 23.9 Å². The van der Waals surface area contributed by atoms with E-state index >= 15 is 0 Å². The van der Waals surface area contributed by atoms with E-state index in [0.29, 0.717) is 24.2 Å². The van der Waals surface area contributed by atoms with Crippen LogP contribution < -0.4 is 10.6 Å². The van der Waals surface area contributed by atoms with E-state index in [2.05, 4.69) is 15.8 Å². The van der Waals surface area contributed by atoms with Crippen LogP contribution in [0, 0.1) is 11.7 Å². The zero-order chi connectivity index (χ0) is 21.5. The fraction of sp³-hybridized carbons (Fsp3) is 0.348. The molecule has 0 bridgehead atoms. The zero-order valence-electron chi connectivity index (χ0n) is 17.1. The topological polar surface area (TPSA) is 79.8 Å². The summed E-state index contributed by atoms with van der Waals surface area (Å²) in [5.41, 5.74) is 1.61. The number of oxime groups is 1. The molecule has 2 aromatic rings. The van der Waals surface area contributed by atoms with Crippen LogP contribution in [-0.4, -0.2) is 36.2 Å². The van der Waals surface area contributed by atoms with Gasteiger partial charge in [0, 0.05) is 24.9 Å². The zero-order valence-corrected chi connectivity index (χ0v) is 17.1. The minimum Gasteiger partial charge on any atom is -0.382 e. The van der Waals surface area contributed by atoms with Crippen LogP contribution in [-0.2, 0) is 20.8 Å². The molecule has 2 atom stereocenters. The molecule has 1 aliphatic rings. The smallest absolute Gasteiger partial charge is 0.265 e. The fourth-order valence-corrected chi connectivity index (χ4v) is 3.12. The van der Waals surface area contributed by atoms with Crippen LogP contribution in [0.3, 0.4) is 0 Å². The molecule has 30 heavy (non-hydrogen) atoms. The van der Waals surface area contributed by atoms with Gasteiger partial charge < -0.3 is 15.5 Å². The number of carbonyl (C=O) groups excluding carboxylic acids is 2. The van der Waals surface area contributed by atoms with Gasteiger partial charge in [0.15, 0.2) is 0 Å². The first-order valence-electron chi connectivity index (χ1n) is 10.0. The highest BCUT2D eigenvalue weighted by molar-refractivity contribution is 6.04. The van der Waals surface area contributed by atoms with Crippen LogP contribution in [0.4, 0.5) is 4.39 Å². The molecule has 0 aliphatic carbocycles. The Morgan fingerprint density at radius 3 is 2.53 bits per heavy atom. The fourth-order valence-electron chi connectivity index (χ4n) is 3.12. The molecule has 0 aromatic heterocycles. The number of nitrogens with one attached hydrogen (secondary N) is 2. The first-order valence-corrected chi connectivity index (χ1v) is 10.0. The molecule has 2 amide bonds. The molecule has 0 radical (unpaired) electrons. The first kappa shape index (κ1) is 21.5. The maximum Gasteiger partial charge on any atom is 0.265 e. The molecular weight excluding hydrogens is 385 g/mol. The molecule has 2 aromatic carbocycles. The van der Waals surface area contributed by atoms with Crippen LogP contribution in [0.1, 0.15) is 31.4 Å². The lowest BCUT2D eigenvalue weighted by Gasteiger charge is -2.20. The van der Waals surface area contributed by atoms with Gasteiger partial charge in [-0.1, -0.05) is 67.5 Å². The second-order valence-corrected chi connectivity index (χ2v) is 7.71. The first-order chi connectivity index (χ1) is 14.4. The summed E-state index contributed by atoms with van der Waals surface area (Å²) >= 11 is 0. The van der Waals surface area contributed by atoms with Crippen molar-refractivity contribution in [2.75, 3.05) is 6.54 Å². The minimum atomic E-state index is -0.907. The molecule has 1 heterocycles. The Hall–Kier alpha value is -3.22. The predicted molar refractivity (Wildman–Crippen MR) is 112 cm³/mol. The normalized spacial score (nSPS) is 16.5. The van der Waals surface area contributed by atoms with E-state index in [1.165, 1.54) is 6.07 Å². The summed E-state index contributed by atoms with van der Waals surface area (Å²) in [5, 5.41) is 9.52. The Balaban J connectivity index is 1.65. The van der Waals surface area contributed by atoms with Crippen LogP contribution in [0.5, 0.6) is 0 Å². The average Bonchev–Trinajstić information content (AvgIpc) is 3.22. The molecule has 0 spiro atoms. The number of nitrogens with zero attached hydrogens (tertiary/aromatic N) is 1. The van der Waals surface area contributed by atoms with E-state index in [9.17, 15) is 14.0 Å². The van der Waals surface area contributed by atoms with Gasteiger partial charge in [-0.2, -0.15) is 0 Å². The van der Waals surface area contributed by atoms with Crippen LogP contribution in [0.15, 0.2) is 59.8 Å². The molecule has 2 N–H and O–H groups in total. The SMILES string of the molecule is CC(C)CNC(=O)C(Cc1ccccc1)NC(=O)C1CC(c2ccccc2F)=NO1. The van der Waals surface area contributed by atoms with Crippen molar-refractivity contribution in [3.05, 3.63) is 71.5 Å². The highest BCUT2D eigenvalue weighted by atomic mass is 19.1. The summed E-state index contributed by atoms with van der Waals surface area (Å²) in [6.07, 6.45) is -0.418. The van der Waals surface area contributed by atoms with E-state index in [4.69, 9.17) is 4.84 Å². The Labute approximate surface area is 175 Å². The Kier molecular flexibility index (Phi) is 7.17. The number of carbonyl (C=O) groups is 2. The predicted octanol–water partition coefficient (Wildman–Crippen LogP) is 2.82. The van der Waals surface area contributed by atoms with E-state index in [1.807, 2.05) is 44.2 Å². The van der Waals surface area contributed by atoms with E-state index in [0.717, 1.165) is 5.56 Å². The van der Waals surface area contributed by atoms with Gasteiger partial charge in [0.1, 0.15) is 11.9 Å². The molecular formula is C23H26FN3O3. The highest BCUT2D eigenvalue weighted by Crippen LogP contribution is 2.19. The summed E-state index contributed by atoms with van der Waals surface area (Å²) < 4.78 is 14.0. The summed E-state index contributed by atoms with van der Waals surface area (Å²) in [6, 6.07) is 14.9. The van der Waals surface area contributed by atoms with E-state index in [-0.39, 0.29) is 18.2 Å². The van der Waals surface area contributed by atoms with Gasteiger partial charge in [0.2, 0.25) is 12.0 Å². The molecule has 1 aliphatic heterocycles. The van der Waals surface area contributed by atoms with Gasteiger partial charge in [-0.3, -0.25) is 9.59 Å². The van der Waals surface area contributed by atoms with Crippen molar-refractivity contribution in [2.45, 2.75) is 38.8 Å². The number of benzene rings is 2. The van der Waals surface area contributed by atoms with Gasteiger partial charge in [-0.05, 0) is 17.5 Å². The van der Waals surface area contributed by atoms with Crippen molar-refractivity contribution >= 4 is 17.5 Å². The summed E-state index contributed by atoms with van der Waals surface area (Å²) in [6.45, 7) is 4.51. The second-order valence-electron chi connectivity index (χ2n) is 7.71. The second kappa shape index (κ2) is 10.0. The van der Waals surface area contributed by atoms with Crippen molar-refractivity contribution in [1.82, 2.24) is 10.6 Å². The Morgan fingerprint density at radius 1 is 1.13 bits per heavy atom. The highest BCUT2D eigenvalue weighted by Gasteiger charge is 2.32. The molecule has 3 rings (SSSR count). The summed E-state index contributed by atoms with van der Waals surface area (Å²) in [7, 11) is 0. The van der Waals surface area contributed by atoms with Crippen LogP contribution in [0.2, 0.25) is 0 Å². The number of rotatable bonds is 8. The molecule has 158 valence electrons. The van der Waals surface area contributed by atoms with Crippen molar-refractivity contribution in [2.24, 2.45) is 11.1 Å². The largest absolute Gasteiger partial charge is 0.382 e. The molecule has 0 saturated heterocycles. The lowest BCUT2D eigenvalue weighted by atomic mass is 10.0. The monoisotopic (exact) mass is 411 g/mol. The maximum atomic E-state index is 14.0. The number of hydrogen-bond acceptors (Lipinski definition) is 4. The summed E-state index contributed by atoms with van der Waals surface area (Å²) in [4.78, 5) is 30.7. The minimum absolute atomic E-state index is 0.137. The molecule has 6 nitrogen and oxygen atoms in total. The number of halogens is 1. The van der Waals surface area contributed by atoms with Gasteiger partial charge in [-0.15, -0.1) is 0 Å². The summed E-state index contributed by atoms with van der Waals surface area (Å²) in [5.74, 6) is -0.840. The molecule has 0 saturated carbocycles. The molecule has 7 heteroatoms. The van der Waals surface area contributed by atoms with Gasteiger partial charge >= 0.3 is 0 Å². The molecule has 2 unspecified atom stereocenters. The third kappa shape index (κ3) is 5.65. The standard InChI is InChI=1S/C23H26FN3O3/c1-15(2)14-25-22(28)20(12-16-8-4-3-5-9-16)26-23(29)21-13-19(27-30-21)17-10-6-7-11-18(17)24/h3-11,15,20-21H,12-14H2,1-2H3,(H,25,28)(H,26,29). The number of hydrogen-bond donors (Lipinski definition) is 2. The van der Waals surface area contributed by atoms with Crippen molar-refractivity contribution in [3.8, 4) is 0 Å². The van der Waals surface area contributed by atoms with Crippen LogP contribution >= 0.6 is 0 Å².